The Morgan fingerprint density at radius 3 is 2.73 bits per heavy atom. The van der Waals surface area contributed by atoms with Gasteiger partial charge < -0.3 is 15.8 Å². The second kappa shape index (κ2) is 5.72. The van der Waals surface area contributed by atoms with E-state index < -0.39 is 23.6 Å². The van der Waals surface area contributed by atoms with Crippen molar-refractivity contribution in [3.63, 3.8) is 0 Å². The highest BCUT2D eigenvalue weighted by atomic mass is 16.6. The van der Waals surface area contributed by atoms with Gasteiger partial charge in [-0.25, -0.2) is 14.5 Å². The first-order valence-corrected chi connectivity index (χ1v) is 6.65. The second-order valence-corrected chi connectivity index (χ2v) is 5.89. The minimum Gasteiger partial charge on any atom is -0.444 e. The quantitative estimate of drug-likeness (QED) is 0.593. The molecule has 1 aliphatic rings. The lowest BCUT2D eigenvalue weighted by atomic mass is 10.0. The van der Waals surface area contributed by atoms with Crippen LogP contribution in [-0.2, 0) is 16.1 Å². The number of imide groups is 1. The Morgan fingerprint density at radius 1 is 1.50 bits per heavy atom. The summed E-state index contributed by atoms with van der Waals surface area (Å²) in [7, 11) is 0. The number of nitrogens with one attached hydrogen (secondary N) is 2. The van der Waals surface area contributed by atoms with E-state index in [9.17, 15) is 14.4 Å². The molecule has 0 radical (unpaired) electrons. The number of amides is 3. The number of nitrogens with zero attached hydrogens (tertiary/aromatic N) is 3. The first-order chi connectivity index (χ1) is 10.2. The Bertz CT molecular complexity index is 605. The Kier molecular flexibility index (Phi) is 4.13. The van der Waals surface area contributed by atoms with Crippen LogP contribution in [0.4, 0.5) is 4.79 Å². The molecule has 0 saturated carbocycles. The molecule has 10 heteroatoms. The standard InChI is InChI=1S/C12H18N6O4/c1-12(2,3)22-11(21)16-10(20)8-14-5-18(17-8)4-6-7(13)9(19)15-6/h5-7H,4,13H2,1-3H3,(H,15,19)(H,16,20,21)/t6-,7+/m1/s1. The number of hydrogen-bond donors (Lipinski definition) is 3. The topological polar surface area (TPSA) is 141 Å². The van der Waals surface area contributed by atoms with Crippen LogP contribution in [0.2, 0.25) is 0 Å². The van der Waals surface area contributed by atoms with E-state index in [1.807, 2.05) is 5.32 Å². The predicted octanol–water partition coefficient (Wildman–Crippen LogP) is -1.23. The summed E-state index contributed by atoms with van der Waals surface area (Å²) in [6, 6.07) is -0.848. The third-order valence-electron chi connectivity index (χ3n) is 2.80. The zero-order chi connectivity index (χ0) is 16.5. The van der Waals surface area contributed by atoms with Crippen LogP contribution in [0, 0.1) is 0 Å². The number of hydrogen-bond acceptors (Lipinski definition) is 7. The van der Waals surface area contributed by atoms with E-state index in [2.05, 4.69) is 15.4 Å². The lowest BCUT2D eigenvalue weighted by Crippen LogP contribution is -2.67. The molecule has 22 heavy (non-hydrogen) atoms. The lowest BCUT2D eigenvalue weighted by Gasteiger charge is -2.33. The van der Waals surface area contributed by atoms with Gasteiger partial charge in [-0.15, -0.1) is 5.10 Å². The summed E-state index contributed by atoms with van der Waals surface area (Å²) in [6.07, 6.45) is 0.448. The van der Waals surface area contributed by atoms with E-state index in [1.165, 1.54) is 11.0 Å². The Morgan fingerprint density at radius 2 is 2.18 bits per heavy atom. The molecule has 4 N–H and O–H groups in total. The predicted molar refractivity (Wildman–Crippen MR) is 73.6 cm³/mol. The zero-order valence-corrected chi connectivity index (χ0v) is 12.5. The summed E-state index contributed by atoms with van der Waals surface area (Å²) < 4.78 is 6.33. The molecule has 0 bridgehead atoms. The van der Waals surface area contributed by atoms with E-state index >= 15 is 0 Å². The van der Waals surface area contributed by atoms with Crippen molar-refractivity contribution in [2.45, 2.75) is 45.0 Å². The maximum absolute atomic E-state index is 11.8. The number of nitrogens with two attached hydrogens (primary N) is 1. The molecule has 0 spiro atoms. The fourth-order valence-electron chi connectivity index (χ4n) is 1.75. The monoisotopic (exact) mass is 310 g/mol. The fraction of sp³-hybridized carbons (Fsp3) is 0.583. The van der Waals surface area contributed by atoms with Crippen molar-refractivity contribution in [2.75, 3.05) is 0 Å². The van der Waals surface area contributed by atoms with Gasteiger partial charge in [0, 0.05) is 0 Å². The van der Waals surface area contributed by atoms with Crippen LogP contribution in [0.1, 0.15) is 31.4 Å². The van der Waals surface area contributed by atoms with E-state index in [4.69, 9.17) is 10.5 Å². The van der Waals surface area contributed by atoms with Gasteiger partial charge in [-0.2, -0.15) is 0 Å². The number of rotatable bonds is 3. The molecule has 1 fully saturated rings. The summed E-state index contributed by atoms with van der Waals surface area (Å²) in [5.74, 6) is -1.17. The van der Waals surface area contributed by atoms with Gasteiger partial charge in [-0.05, 0) is 20.8 Å². The van der Waals surface area contributed by atoms with Crippen LogP contribution in [0.25, 0.3) is 0 Å². The summed E-state index contributed by atoms with van der Waals surface area (Å²) >= 11 is 0. The van der Waals surface area contributed by atoms with Gasteiger partial charge in [0.25, 0.3) is 5.91 Å². The van der Waals surface area contributed by atoms with Gasteiger partial charge in [-0.1, -0.05) is 0 Å². The summed E-state index contributed by atoms with van der Waals surface area (Å²) in [4.78, 5) is 38.1. The molecule has 2 atom stereocenters. The van der Waals surface area contributed by atoms with Gasteiger partial charge in [0.05, 0.1) is 12.6 Å². The molecule has 0 unspecified atom stereocenters. The maximum Gasteiger partial charge on any atom is 0.414 e. The van der Waals surface area contributed by atoms with Crippen molar-refractivity contribution in [3.05, 3.63) is 12.2 Å². The normalized spacial score (nSPS) is 20.8. The zero-order valence-electron chi connectivity index (χ0n) is 12.5. The number of β-lactam (4-membered cyclic amide) rings is 1. The molecule has 2 heterocycles. The van der Waals surface area contributed by atoms with Gasteiger partial charge in [0.2, 0.25) is 11.7 Å². The van der Waals surface area contributed by atoms with Crippen LogP contribution in [-0.4, -0.2) is 50.4 Å². The summed E-state index contributed by atoms with van der Waals surface area (Å²) in [6.45, 7) is 5.33. The molecular weight excluding hydrogens is 292 g/mol. The van der Waals surface area contributed by atoms with Gasteiger partial charge in [-0.3, -0.25) is 14.9 Å². The first kappa shape index (κ1) is 15.9. The second-order valence-electron chi connectivity index (χ2n) is 5.89. The number of carbonyl (C=O) groups excluding carboxylic acids is 3. The number of alkyl carbamates (subject to hydrolysis) is 1. The average Bonchev–Trinajstić information content (AvgIpc) is 2.84. The summed E-state index contributed by atoms with van der Waals surface area (Å²) in [5.41, 5.74) is 4.88. The van der Waals surface area contributed by atoms with Gasteiger partial charge in [0.1, 0.15) is 18.0 Å². The Balaban J connectivity index is 1.89. The molecule has 2 rings (SSSR count). The fourth-order valence-corrected chi connectivity index (χ4v) is 1.75. The summed E-state index contributed by atoms with van der Waals surface area (Å²) in [5, 5.41) is 8.56. The molecule has 0 aromatic carbocycles. The maximum atomic E-state index is 11.8. The molecule has 10 nitrogen and oxygen atoms in total. The number of aromatic nitrogens is 3. The molecule has 120 valence electrons. The van der Waals surface area contributed by atoms with Crippen LogP contribution < -0.4 is 16.4 Å². The highest BCUT2D eigenvalue weighted by Crippen LogP contribution is 2.07. The van der Waals surface area contributed by atoms with Crippen LogP contribution in [0.15, 0.2) is 6.33 Å². The van der Waals surface area contributed by atoms with Crippen LogP contribution in [0.3, 0.4) is 0 Å². The minimum atomic E-state index is -0.873. The largest absolute Gasteiger partial charge is 0.444 e. The highest BCUT2D eigenvalue weighted by molar-refractivity contribution is 6.00. The van der Waals surface area contributed by atoms with Crippen molar-refractivity contribution in [2.24, 2.45) is 5.73 Å². The van der Waals surface area contributed by atoms with Crippen molar-refractivity contribution < 1.29 is 19.1 Å². The molecule has 0 aliphatic carbocycles. The van der Waals surface area contributed by atoms with Gasteiger partial charge in [0.15, 0.2) is 0 Å². The van der Waals surface area contributed by atoms with E-state index in [-0.39, 0.29) is 17.8 Å². The molecule has 1 aromatic rings. The van der Waals surface area contributed by atoms with E-state index in [1.54, 1.807) is 20.8 Å². The van der Waals surface area contributed by atoms with Crippen molar-refractivity contribution >= 4 is 17.9 Å². The highest BCUT2D eigenvalue weighted by Gasteiger charge is 2.36. The minimum absolute atomic E-state index is 0.176. The van der Waals surface area contributed by atoms with Crippen molar-refractivity contribution in [1.82, 2.24) is 25.4 Å². The van der Waals surface area contributed by atoms with E-state index in [0.29, 0.717) is 6.54 Å². The third kappa shape index (κ3) is 3.79. The van der Waals surface area contributed by atoms with Crippen LogP contribution >= 0.6 is 0 Å². The Labute approximate surface area is 126 Å². The van der Waals surface area contributed by atoms with Crippen molar-refractivity contribution in [3.8, 4) is 0 Å². The molecule has 3 amide bonds. The number of ether oxygens (including phenoxy) is 1. The van der Waals surface area contributed by atoms with Crippen LogP contribution in [0.5, 0.6) is 0 Å². The number of carbonyl (C=O) groups is 3. The molecular formula is C12H18N6O4. The third-order valence-corrected chi connectivity index (χ3v) is 2.80. The first-order valence-electron chi connectivity index (χ1n) is 6.65. The Hall–Kier alpha value is -2.49. The molecule has 1 aromatic heterocycles. The van der Waals surface area contributed by atoms with Crippen molar-refractivity contribution in [1.29, 1.82) is 0 Å². The van der Waals surface area contributed by atoms with E-state index in [0.717, 1.165) is 0 Å². The molecule has 1 saturated heterocycles. The smallest absolute Gasteiger partial charge is 0.414 e. The lowest BCUT2D eigenvalue weighted by molar-refractivity contribution is -0.130. The average molecular weight is 310 g/mol. The SMILES string of the molecule is CC(C)(C)OC(=O)NC(=O)c1ncn(C[C@H]2NC(=O)[C@H]2N)n1. The van der Waals surface area contributed by atoms with Gasteiger partial charge >= 0.3 is 6.09 Å². The molecule has 1 aliphatic heterocycles.